The van der Waals surface area contributed by atoms with Gasteiger partial charge in [0.25, 0.3) is 0 Å². The minimum absolute atomic E-state index is 0.721. The van der Waals surface area contributed by atoms with Crippen molar-refractivity contribution in [2.45, 2.75) is 12.8 Å². The van der Waals surface area contributed by atoms with Crippen molar-refractivity contribution in [1.82, 2.24) is 0 Å². The summed E-state index contributed by atoms with van der Waals surface area (Å²) < 4.78 is 5.37. The summed E-state index contributed by atoms with van der Waals surface area (Å²) in [6, 6.07) is 4.21. The molecule has 3 heteroatoms. The number of rotatable bonds is 6. The second kappa shape index (κ2) is 6.17. The van der Waals surface area contributed by atoms with Crippen molar-refractivity contribution in [2.24, 2.45) is 5.73 Å². The third-order valence-corrected chi connectivity index (χ3v) is 2.50. The summed E-state index contributed by atoms with van der Waals surface area (Å²) in [7, 11) is 0. The number of hydrogen-bond acceptors (Lipinski definition) is 3. The molecule has 0 aliphatic rings. The van der Waals surface area contributed by atoms with Crippen molar-refractivity contribution in [3.05, 3.63) is 22.4 Å². The van der Waals surface area contributed by atoms with Gasteiger partial charge in [0.15, 0.2) is 0 Å². The van der Waals surface area contributed by atoms with Crippen LogP contribution >= 0.6 is 11.3 Å². The van der Waals surface area contributed by atoms with E-state index in [4.69, 9.17) is 10.5 Å². The fourth-order valence-corrected chi connectivity index (χ4v) is 1.61. The van der Waals surface area contributed by atoms with Crippen LogP contribution in [0.4, 0.5) is 0 Å². The van der Waals surface area contributed by atoms with Crippen LogP contribution < -0.4 is 5.73 Å². The van der Waals surface area contributed by atoms with E-state index in [9.17, 15) is 0 Å². The van der Waals surface area contributed by atoms with Crippen LogP contribution in [0.1, 0.15) is 11.3 Å². The Kier molecular flexibility index (Phi) is 4.99. The average Bonchev–Trinajstić information content (AvgIpc) is 2.57. The number of hydrogen-bond donors (Lipinski definition) is 1. The Morgan fingerprint density at radius 1 is 1.42 bits per heavy atom. The van der Waals surface area contributed by atoms with Gasteiger partial charge in [-0.3, -0.25) is 0 Å². The highest BCUT2D eigenvalue weighted by atomic mass is 32.1. The Labute approximate surface area is 77.3 Å². The summed E-state index contributed by atoms with van der Waals surface area (Å²) >= 11 is 1.78. The first kappa shape index (κ1) is 9.71. The molecule has 1 rings (SSSR count). The summed E-state index contributed by atoms with van der Waals surface area (Å²) in [5.74, 6) is 0. The molecule has 0 unspecified atom stereocenters. The second-order valence-electron chi connectivity index (χ2n) is 2.58. The van der Waals surface area contributed by atoms with Gasteiger partial charge in [-0.25, -0.2) is 0 Å². The molecule has 0 aromatic carbocycles. The van der Waals surface area contributed by atoms with Crippen molar-refractivity contribution in [1.29, 1.82) is 0 Å². The predicted octanol–water partition coefficient (Wildman–Crippen LogP) is 1.66. The maximum absolute atomic E-state index is 5.37. The minimum Gasteiger partial charge on any atom is -0.381 e. The summed E-state index contributed by atoms with van der Waals surface area (Å²) in [5, 5.41) is 2.09. The van der Waals surface area contributed by atoms with E-state index in [2.05, 4.69) is 17.5 Å². The average molecular weight is 185 g/mol. The Balaban J connectivity index is 1.96. The number of thiophene rings is 1. The van der Waals surface area contributed by atoms with Gasteiger partial charge in [0.2, 0.25) is 0 Å². The Hall–Kier alpha value is -0.380. The standard InChI is InChI=1S/C9H15NOS/c10-5-2-6-11-7-4-9-3-1-8-12-9/h1,3,8H,2,4-7,10H2. The molecule has 0 fully saturated rings. The van der Waals surface area contributed by atoms with E-state index in [1.807, 2.05) is 0 Å². The van der Waals surface area contributed by atoms with E-state index in [-0.39, 0.29) is 0 Å². The molecule has 0 aliphatic carbocycles. The molecule has 0 saturated carbocycles. The minimum atomic E-state index is 0.721. The van der Waals surface area contributed by atoms with Crippen molar-refractivity contribution in [3.63, 3.8) is 0 Å². The van der Waals surface area contributed by atoms with Crippen LogP contribution in [-0.2, 0) is 11.2 Å². The first-order chi connectivity index (χ1) is 5.93. The molecule has 0 atom stereocenters. The molecule has 0 radical (unpaired) electrons. The normalized spacial score (nSPS) is 10.4. The summed E-state index contributed by atoms with van der Waals surface area (Å²) in [5.41, 5.74) is 5.33. The molecule has 0 amide bonds. The van der Waals surface area contributed by atoms with Crippen LogP contribution in [0.3, 0.4) is 0 Å². The first-order valence-electron chi connectivity index (χ1n) is 4.23. The highest BCUT2D eigenvalue weighted by Crippen LogP contribution is 2.08. The SMILES string of the molecule is NCCCOCCc1cccs1. The highest BCUT2D eigenvalue weighted by molar-refractivity contribution is 7.09. The smallest absolute Gasteiger partial charge is 0.0514 e. The third-order valence-electron chi connectivity index (χ3n) is 1.57. The largest absolute Gasteiger partial charge is 0.381 e. The molecule has 2 nitrogen and oxygen atoms in total. The van der Waals surface area contributed by atoms with Crippen LogP contribution in [0.2, 0.25) is 0 Å². The zero-order valence-corrected chi connectivity index (χ0v) is 7.98. The Morgan fingerprint density at radius 2 is 2.33 bits per heavy atom. The monoisotopic (exact) mass is 185 g/mol. The van der Waals surface area contributed by atoms with Gasteiger partial charge in [-0.2, -0.15) is 0 Å². The molecule has 0 aliphatic heterocycles. The fraction of sp³-hybridized carbons (Fsp3) is 0.556. The highest BCUT2D eigenvalue weighted by Gasteiger charge is 1.92. The Morgan fingerprint density at radius 3 is 3.00 bits per heavy atom. The topological polar surface area (TPSA) is 35.2 Å². The predicted molar refractivity (Wildman–Crippen MR) is 52.5 cm³/mol. The summed E-state index contributed by atoms with van der Waals surface area (Å²) in [6.45, 7) is 2.33. The molecule has 1 aromatic rings. The van der Waals surface area contributed by atoms with Crippen molar-refractivity contribution < 1.29 is 4.74 Å². The molecule has 12 heavy (non-hydrogen) atoms. The van der Waals surface area contributed by atoms with Gasteiger partial charge >= 0.3 is 0 Å². The van der Waals surface area contributed by atoms with E-state index in [1.165, 1.54) is 4.88 Å². The van der Waals surface area contributed by atoms with E-state index in [1.54, 1.807) is 11.3 Å². The molecular weight excluding hydrogens is 170 g/mol. The lowest BCUT2D eigenvalue weighted by molar-refractivity contribution is 0.136. The molecule has 0 bridgehead atoms. The fourth-order valence-electron chi connectivity index (χ4n) is 0.915. The van der Waals surface area contributed by atoms with Crippen LogP contribution in [0, 0.1) is 0 Å². The third kappa shape index (κ3) is 3.85. The van der Waals surface area contributed by atoms with Crippen molar-refractivity contribution in [2.75, 3.05) is 19.8 Å². The van der Waals surface area contributed by atoms with E-state index < -0.39 is 0 Å². The molecule has 0 saturated heterocycles. The van der Waals surface area contributed by atoms with E-state index >= 15 is 0 Å². The van der Waals surface area contributed by atoms with E-state index in [0.29, 0.717) is 0 Å². The van der Waals surface area contributed by atoms with Crippen molar-refractivity contribution in [3.8, 4) is 0 Å². The zero-order valence-electron chi connectivity index (χ0n) is 7.16. The van der Waals surface area contributed by atoms with Gasteiger partial charge in [-0.05, 0) is 24.4 Å². The summed E-state index contributed by atoms with van der Waals surface area (Å²) in [4.78, 5) is 1.39. The maximum Gasteiger partial charge on any atom is 0.0514 e. The van der Waals surface area contributed by atoms with Crippen LogP contribution in [0.15, 0.2) is 17.5 Å². The molecule has 68 valence electrons. The lowest BCUT2D eigenvalue weighted by Crippen LogP contribution is -2.05. The van der Waals surface area contributed by atoms with Crippen LogP contribution in [-0.4, -0.2) is 19.8 Å². The molecule has 1 aromatic heterocycles. The van der Waals surface area contributed by atoms with Gasteiger partial charge in [0.1, 0.15) is 0 Å². The van der Waals surface area contributed by atoms with Crippen LogP contribution in [0.5, 0.6) is 0 Å². The van der Waals surface area contributed by atoms with Gasteiger partial charge in [0.05, 0.1) is 6.61 Å². The number of nitrogens with two attached hydrogens (primary N) is 1. The lowest BCUT2D eigenvalue weighted by atomic mass is 10.4. The molecule has 0 spiro atoms. The van der Waals surface area contributed by atoms with Gasteiger partial charge < -0.3 is 10.5 Å². The second-order valence-corrected chi connectivity index (χ2v) is 3.62. The lowest BCUT2D eigenvalue weighted by Gasteiger charge is -2.00. The summed E-state index contributed by atoms with van der Waals surface area (Å²) in [6.07, 6.45) is 1.99. The van der Waals surface area contributed by atoms with Gasteiger partial charge in [-0.15, -0.1) is 11.3 Å². The molecule has 2 N–H and O–H groups in total. The maximum atomic E-state index is 5.37. The quantitative estimate of drug-likeness (QED) is 0.684. The zero-order chi connectivity index (χ0) is 8.65. The Bertz CT molecular complexity index is 186. The number of ether oxygens (including phenoxy) is 1. The van der Waals surface area contributed by atoms with E-state index in [0.717, 1.165) is 32.6 Å². The van der Waals surface area contributed by atoms with Crippen molar-refractivity contribution >= 4 is 11.3 Å². The van der Waals surface area contributed by atoms with Gasteiger partial charge in [0, 0.05) is 17.9 Å². The molecule has 1 heterocycles. The first-order valence-corrected chi connectivity index (χ1v) is 5.11. The van der Waals surface area contributed by atoms with Crippen LogP contribution in [0.25, 0.3) is 0 Å². The molecular formula is C9H15NOS. The van der Waals surface area contributed by atoms with Gasteiger partial charge in [-0.1, -0.05) is 6.07 Å².